The molecule has 2 N–H and O–H groups in total. The molecule has 0 fully saturated rings. The Morgan fingerprint density at radius 3 is 2.71 bits per heavy atom. The van der Waals surface area contributed by atoms with E-state index in [1.807, 2.05) is 36.4 Å². The molecule has 4 nitrogen and oxygen atoms in total. The second-order valence-corrected chi connectivity index (χ2v) is 5.76. The van der Waals surface area contributed by atoms with Crippen LogP contribution in [0.3, 0.4) is 0 Å². The van der Waals surface area contributed by atoms with Crippen molar-refractivity contribution in [3.63, 3.8) is 0 Å². The zero-order chi connectivity index (χ0) is 14.7. The number of hydrogen-bond donors (Lipinski definition) is 1. The summed E-state index contributed by atoms with van der Waals surface area (Å²) >= 11 is 1.73. The van der Waals surface area contributed by atoms with Crippen LogP contribution in [0, 0.1) is 0 Å². The average molecular weight is 303 g/mol. The largest absolute Gasteiger partial charge is 0.497 e. The maximum absolute atomic E-state index is 5.87. The Morgan fingerprint density at radius 2 is 1.90 bits per heavy atom. The third-order valence-electron chi connectivity index (χ3n) is 3.14. The van der Waals surface area contributed by atoms with Crippen LogP contribution in [-0.4, -0.2) is 20.3 Å². The Bertz CT molecular complexity index is 645. The number of nitrogens with two attached hydrogens (primary N) is 1. The summed E-state index contributed by atoms with van der Waals surface area (Å²) in [7, 11) is 1.65. The van der Waals surface area contributed by atoms with Gasteiger partial charge in [-0.3, -0.25) is 0 Å². The Balaban J connectivity index is 1.71. The van der Waals surface area contributed by atoms with Crippen LogP contribution in [0.15, 0.2) is 41.3 Å². The van der Waals surface area contributed by atoms with Crippen LogP contribution in [0.5, 0.6) is 17.2 Å². The maximum Gasteiger partial charge on any atom is 0.162 e. The predicted molar refractivity (Wildman–Crippen MR) is 84.4 cm³/mol. The third-order valence-corrected chi connectivity index (χ3v) is 4.21. The maximum atomic E-state index is 5.87. The summed E-state index contributed by atoms with van der Waals surface area (Å²) in [5, 5.41) is 0. The highest BCUT2D eigenvalue weighted by atomic mass is 32.2. The van der Waals surface area contributed by atoms with Crippen molar-refractivity contribution < 1.29 is 14.2 Å². The Kier molecular flexibility index (Phi) is 4.10. The molecule has 2 aromatic rings. The molecule has 21 heavy (non-hydrogen) atoms. The van der Waals surface area contributed by atoms with Gasteiger partial charge in [0.05, 0.1) is 7.11 Å². The van der Waals surface area contributed by atoms with Crippen molar-refractivity contribution in [2.45, 2.75) is 10.6 Å². The molecule has 0 aliphatic carbocycles. The lowest BCUT2D eigenvalue weighted by atomic mass is 10.2. The molecule has 1 heterocycles. The molecule has 0 aromatic heterocycles. The van der Waals surface area contributed by atoms with Crippen LogP contribution in [0.1, 0.15) is 5.56 Å². The SMILES string of the molecule is COc1cc(N)cc(CSc2ccc3c(c2)OCCO3)c1. The van der Waals surface area contributed by atoms with Crippen LogP contribution in [0.2, 0.25) is 0 Å². The van der Waals surface area contributed by atoms with Crippen molar-refractivity contribution in [1.29, 1.82) is 0 Å². The first-order valence-corrected chi connectivity index (χ1v) is 7.69. The van der Waals surface area contributed by atoms with Gasteiger partial charge >= 0.3 is 0 Å². The molecular weight excluding hydrogens is 286 g/mol. The van der Waals surface area contributed by atoms with Crippen molar-refractivity contribution >= 4 is 17.4 Å². The van der Waals surface area contributed by atoms with E-state index >= 15 is 0 Å². The van der Waals surface area contributed by atoms with Crippen LogP contribution >= 0.6 is 11.8 Å². The Hall–Kier alpha value is -2.01. The average Bonchev–Trinajstić information content (AvgIpc) is 2.52. The molecule has 0 atom stereocenters. The topological polar surface area (TPSA) is 53.7 Å². The molecule has 0 amide bonds. The Morgan fingerprint density at radius 1 is 1.10 bits per heavy atom. The number of benzene rings is 2. The fraction of sp³-hybridized carbons (Fsp3) is 0.250. The smallest absolute Gasteiger partial charge is 0.162 e. The first-order chi connectivity index (χ1) is 10.2. The summed E-state index contributed by atoms with van der Waals surface area (Å²) in [6.45, 7) is 1.22. The molecule has 1 aliphatic rings. The lowest BCUT2D eigenvalue weighted by Gasteiger charge is -2.18. The standard InChI is InChI=1S/C16H17NO3S/c1-18-13-7-11(6-12(17)8-13)10-21-14-2-3-15-16(9-14)20-5-4-19-15/h2-3,6-9H,4-5,10,17H2,1H3. The van der Waals surface area contributed by atoms with Gasteiger partial charge in [0.25, 0.3) is 0 Å². The summed E-state index contributed by atoms with van der Waals surface area (Å²) in [6.07, 6.45) is 0. The molecule has 0 radical (unpaired) electrons. The van der Waals surface area contributed by atoms with Gasteiger partial charge in [0.2, 0.25) is 0 Å². The number of nitrogen functional groups attached to an aromatic ring is 1. The molecule has 0 bridgehead atoms. The monoisotopic (exact) mass is 303 g/mol. The highest BCUT2D eigenvalue weighted by Crippen LogP contribution is 2.35. The Labute approximate surface area is 128 Å². The molecule has 0 unspecified atom stereocenters. The van der Waals surface area contributed by atoms with E-state index < -0.39 is 0 Å². The molecule has 3 rings (SSSR count). The van der Waals surface area contributed by atoms with E-state index in [1.54, 1.807) is 18.9 Å². The fourth-order valence-electron chi connectivity index (χ4n) is 2.17. The van der Waals surface area contributed by atoms with Crippen LogP contribution in [-0.2, 0) is 5.75 Å². The van der Waals surface area contributed by atoms with Crippen molar-refractivity contribution in [2.75, 3.05) is 26.1 Å². The second-order valence-electron chi connectivity index (χ2n) is 4.71. The third kappa shape index (κ3) is 3.36. The van der Waals surface area contributed by atoms with E-state index in [0.29, 0.717) is 18.9 Å². The first kappa shape index (κ1) is 13.9. The van der Waals surface area contributed by atoms with Gasteiger partial charge in [0.1, 0.15) is 19.0 Å². The van der Waals surface area contributed by atoms with E-state index in [4.69, 9.17) is 19.9 Å². The fourth-order valence-corrected chi connectivity index (χ4v) is 3.02. The summed E-state index contributed by atoms with van der Waals surface area (Å²) in [6, 6.07) is 11.8. The van der Waals surface area contributed by atoms with Crippen molar-refractivity contribution in [2.24, 2.45) is 0 Å². The molecule has 0 spiro atoms. The van der Waals surface area contributed by atoms with Gasteiger partial charge in [-0.05, 0) is 35.9 Å². The zero-order valence-corrected chi connectivity index (χ0v) is 12.6. The minimum Gasteiger partial charge on any atom is -0.497 e. The molecule has 0 saturated heterocycles. The summed E-state index contributed by atoms with van der Waals surface area (Å²) in [4.78, 5) is 1.14. The predicted octanol–water partition coefficient (Wildman–Crippen LogP) is 3.34. The molecular formula is C16H17NO3S. The number of rotatable bonds is 4. The first-order valence-electron chi connectivity index (χ1n) is 6.70. The van der Waals surface area contributed by atoms with E-state index in [9.17, 15) is 0 Å². The highest BCUT2D eigenvalue weighted by molar-refractivity contribution is 7.98. The number of ether oxygens (including phenoxy) is 3. The van der Waals surface area contributed by atoms with Gasteiger partial charge in [0, 0.05) is 22.4 Å². The van der Waals surface area contributed by atoms with Gasteiger partial charge in [-0.25, -0.2) is 0 Å². The number of hydrogen-bond acceptors (Lipinski definition) is 5. The summed E-state index contributed by atoms with van der Waals surface area (Å²) < 4.78 is 16.3. The lowest BCUT2D eigenvalue weighted by Crippen LogP contribution is -2.15. The molecule has 110 valence electrons. The van der Waals surface area contributed by atoms with Gasteiger partial charge in [-0.15, -0.1) is 11.8 Å². The van der Waals surface area contributed by atoms with E-state index in [-0.39, 0.29) is 0 Å². The van der Waals surface area contributed by atoms with E-state index in [2.05, 4.69) is 0 Å². The van der Waals surface area contributed by atoms with Crippen molar-refractivity contribution in [3.05, 3.63) is 42.0 Å². The normalized spacial score (nSPS) is 13.0. The van der Waals surface area contributed by atoms with Gasteiger partial charge < -0.3 is 19.9 Å². The molecule has 5 heteroatoms. The number of anilines is 1. The van der Waals surface area contributed by atoms with Gasteiger partial charge in [-0.2, -0.15) is 0 Å². The van der Waals surface area contributed by atoms with Crippen LogP contribution < -0.4 is 19.9 Å². The number of fused-ring (bicyclic) bond motifs is 1. The van der Waals surface area contributed by atoms with E-state index in [1.165, 1.54) is 0 Å². The minimum atomic E-state index is 0.605. The van der Waals surface area contributed by atoms with E-state index in [0.717, 1.165) is 33.5 Å². The second kappa shape index (κ2) is 6.18. The van der Waals surface area contributed by atoms with Crippen molar-refractivity contribution in [1.82, 2.24) is 0 Å². The molecule has 0 saturated carbocycles. The van der Waals surface area contributed by atoms with Crippen molar-refractivity contribution in [3.8, 4) is 17.2 Å². The van der Waals surface area contributed by atoms with Gasteiger partial charge in [-0.1, -0.05) is 0 Å². The molecule has 2 aromatic carbocycles. The van der Waals surface area contributed by atoms with Gasteiger partial charge in [0.15, 0.2) is 11.5 Å². The quantitative estimate of drug-likeness (QED) is 0.693. The number of methoxy groups -OCH3 is 1. The van der Waals surface area contributed by atoms with Crippen LogP contribution in [0.4, 0.5) is 5.69 Å². The van der Waals surface area contributed by atoms with Crippen LogP contribution in [0.25, 0.3) is 0 Å². The summed E-state index contributed by atoms with van der Waals surface area (Å²) in [5.74, 6) is 3.24. The molecule has 1 aliphatic heterocycles. The minimum absolute atomic E-state index is 0.605. The number of thioether (sulfide) groups is 1. The lowest BCUT2D eigenvalue weighted by molar-refractivity contribution is 0.171. The zero-order valence-electron chi connectivity index (χ0n) is 11.8. The highest BCUT2D eigenvalue weighted by Gasteiger charge is 2.12. The summed E-state index contributed by atoms with van der Waals surface area (Å²) in [5.41, 5.74) is 7.72.